The average Bonchev–Trinajstić information content (AvgIpc) is 3.03. The van der Waals surface area contributed by atoms with Gasteiger partial charge in [0.2, 0.25) is 0 Å². The molecule has 0 aliphatic heterocycles. The van der Waals surface area contributed by atoms with Crippen molar-refractivity contribution >= 4 is 11.6 Å². The zero-order chi connectivity index (χ0) is 22.9. The summed E-state index contributed by atoms with van der Waals surface area (Å²) >= 11 is 0. The molecule has 1 amide bonds. The SMILES string of the molecule is Cc1cc(C)n(-c2ccc(CNC(=O)c3ccc([N+](=O)[O-])cc3C)c(C(F)(F)F)c2)n1. The molecule has 162 valence electrons. The van der Waals surface area contributed by atoms with E-state index >= 15 is 0 Å². The third-order valence-corrected chi connectivity index (χ3v) is 4.76. The lowest BCUT2D eigenvalue weighted by Crippen LogP contribution is -2.25. The molecule has 31 heavy (non-hydrogen) atoms. The van der Waals surface area contributed by atoms with Crippen LogP contribution < -0.4 is 5.32 Å². The highest BCUT2D eigenvalue weighted by molar-refractivity contribution is 5.95. The molecule has 0 spiro atoms. The molecule has 1 heterocycles. The predicted octanol–water partition coefficient (Wildman–Crippen LogP) is 4.65. The summed E-state index contributed by atoms with van der Waals surface area (Å²) in [6.07, 6.45) is -4.63. The van der Waals surface area contributed by atoms with E-state index in [0.717, 1.165) is 6.07 Å². The second-order valence-corrected chi connectivity index (χ2v) is 7.12. The fraction of sp³-hybridized carbons (Fsp3) is 0.238. The van der Waals surface area contributed by atoms with E-state index < -0.39 is 22.6 Å². The van der Waals surface area contributed by atoms with Crippen molar-refractivity contribution in [1.82, 2.24) is 15.1 Å². The van der Waals surface area contributed by atoms with Gasteiger partial charge in [-0.2, -0.15) is 18.3 Å². The molecule has 0 aliphatic rings. The van der Waals surface area contributed by atoms with Crippen molar-refractivity contribution in [2.75, 3.05) is 0 Å². The van der Waals surface area contributed by atoms with Crippen molar-refractivity contribution in [3.05, 3.63) is 86.2 Å². The number of carbonyl (C=O) groups excluding carboxylic acids is 1. The van der Waals surface area contributed by atoms with Gasteiger partial charge in [0.25, 0.3) is 11.6 Å². The van der Waals surface area contributed by atoms with E-state index in [4.69, 9.17) is 0 Å². The average molecular weight is 432 g/mol. The molecule has 7 nitrogen and oxygen atoms in total. The molecule has 0 atom stereocenters. The maximum absolute atomic E-state index is 13.7. The number of nitro benzene ring substituents is 1. The molecule has 1 aromatic heterocycles. The van der Waals surface area contributed by atoms with Gasteiger partial charge in [0.1, 0.15) is 0 Å². The molecule has 3 aromatic rings. The first-order chi connectivity index (χ1) is 14.5. The minimum atomic E-state index is -4.63. The number of alkyl halides is 3. The van der Waals surface area contributed by atoms with Crippen LogP contribution in [0.2, 0.25) is 0 Å². The lowest BCUT2D eigenvalue weighted by Gasteiger charge is -2.16. The zero-order valence-corrected chi connectivity index (χ0v) is 16.9. The Kier molecular flexibility index (Phi) is 5.83. The van der Waals surface area contributed by atoms with Crippen LogP contribution in [0.5, 0.6) is 0 Å². The number of aryl methyl sites for hydroxylation is 3. The van der Waals surface area contributed by atoms with Crippen LogP contribution in [-0.4, -0.2) is 20.6 Å². The smallest absolute Gasteiger partial charge is 0.348 e. The number of hydrogen-bond acceptors (Lipinski definition) is 4. The summed E-state index contributed by atoms with van der Waals surface area (Å²) in [4.78, 5) is 22.7. The molecule has 0 unspecified atom stereocenters. The molecule has 0 bridgehead atoms. The quantitative estimate of drug-likeness (QED) is 0.469. The molecule has 1 N–H and O–H groups in total. The molecule has 0 fully saturated rings. The van der Waals surface area contributed by atoms with Gasteiger partial charge in [-0.05, 0) is 56.2 Å². The molecule has 0 saturated heterocycles. The second-order valence-electron chi connectivity index (χ2n) is 7.12. The third kappa shape index (κ3) is 4.73. The number of carbonyl (C=O) groups is 1. The van der Waals surface area contributed by atoms with Crippen LogP contribution in [0.25, 0.3) is 5.69 Å². The molecule has 0 aliphatic carbocycles. The normalized spacial score (nSPS) is 11.4. The van der Waals surface area contributed by atoms with Gasteiger partial charge >= 0.3 is 6.18 Å². The largest absolute Gasteiger partial charge is 0.416 e. The highest BCUT2D eigenvalue weighted by Gasteiger charge is 2.34. The topological polar surface area (TPSA) is 90.1 Å². The summed E-state index contributed by atoms with van der Waals surface area (Å²) in [6.45, 7) is 4.65. The van der Waals surface area contributed by atoms with Crippen molar-refractivity contribution in [2.45, 2.75) is 33.5 Å². The summed E-state index contributed by atoms with van der Waals surface area (Å²) in [7, 11) is 0. The highest BCUT2D eigenvalue weighted by Crippen LogP contribution is 2.33. The fourth-order valence-corrected chi connectivity index (χ4v) is 3.29. The molecule has 2 aromatic carbocycles. The van der Waals surface area contributed by atoms with Gasteiger partial charge in [0, 0.05) is 29.9 Å². The number of non-ortho nitro benzene ring substituents is 1. The fourth-order valence-electron chi connectivity index (χ4n) is 3.29. The molecule has 10 heteroatoms. The Morgan fingerprint density at radius 1 is 1.13 bits per heavy atom. The van der Waals surface area contributed by atoms with Crippen LogP contribution in [-0.2, 0) is 12.7 Å². The lowest BCUT2D eigenvalue weighted by molar-refractivity contribution is -0.384. The number of amides is 1. The van der Waals surface area contributed by atoms with Gasteiger partial charge in [0.15, 0.2) is 0 Å². The summed E-state index contributed by atoms with van der Waals surface area (Å²) in [6, 6.07) is 9.25. The molecular formula is C21H19F3N4O3. The summed E-state index contributed by atoms with van der Waals surface area (Å²) in [5, 5.41) is 17.5. The minimum Gasteiger partial charge on any atom is -0.348 e. The van der Waals surface area contributed by atoms with Crippen molar-refractivity contribution in [3.63, 3.8) is 0 Å². The van der Waals surface area contributed by atoms with Crippen LogP contribution >= 0.6 is 0 Å². The van der Waals surface area contributed by atoms with Crippen LogP contribution in [0.1, 0.15) is 38.4 Å². The Labute approximate surface area is 175 Å². The minimum absolute atomic E-state index is 0.106. The van der Waals surface area contributed by atoms with E-state index in [1.165, 1.54) is 41.9 Å². The first-order valence-electron chi connectivity index (χ1n) is 9.24. The number of hydrogen-bond donors (Lipinski definition) is 1. The van der Waals surface area contributed by atoms with E-state index in [1.807, 2.05) is 0 Å². The molecule has 0 saturated carbocycles. The summed E-state index contributed by atoms with van der Waals surface area (Å²) in [5.74, 6) is -0.622. The van der Waals surface area contributed by atoms with E-state index in [2.05, 4.69) is 10.4 Å². The van der Waals surface area contributed by atoms with Crippen LogP contribution in [0.4, 0.5) is 18.9 Å². The molecule has 3 rings (SSSR count). The van der Waals surface area contributed by atoms with Crippen LogP contribution in [0, 0.1) is 30.9 Å². The van der Waals surface area contributed by atoms with Crippen molar-refractivity contribution in [1.29, 1.82) is 0 Å². The Balaban J connectivity index is 1.87. The number of benzene rings is 2. The molecular weight excluding hydrogens is 413 g/mol. The maximum Gasteiger partial charge on any atom is 0.416 e. The molecule has 0 radical (unpaired) electrons. The number of rotatable bonds is 5. The van der Waals surface area contributed by atoms with Gasteiger partial charge in [-0.3, -0.25) is 14.9 Å². The van der Waals surface area contributed by atoms with E-state index in [9.17, 15) is 28.1 Å². The number of nitro groups is 1. The monoisotopic (exact) mass is 432 g/mol. The van der Waals surface area contributed by atoms with Crippen molar-refractivity contribution < 1.29 is 22.9 Å². The Hall–Kier alpha value is -3.69. The predicted molar refractivity (Wildman–Crippen MR) is 107 cm³/mol. The van der Waals surface area contributed by atoms with E-state index in [-0.39, 0.29) is 29.0 Å². The summed E-state index contributed by atoms with van der Waals surface area (Å²) < 4.78 is 42.4. The van der Waals surface area contributed by atoms with Gasteiger partial charge in [-0.15, -0.1) is 0 Å². The van der Waals surface area contributed by atoms with Gasteiger partial charge in [-0.25, -0.2) is 4.68 Å². The zero-order valence-electron chi connectivity index (χ0n) is 16.9. The Morgan fingerprint density at radius 2 is 1.84 bits per heavy atom. The van der Waals surface area contributed by atoms with Crippen molar-refractivity contribution in [2.24, 2.45) is 0 Å². The van der Waals surface area contributed by atoms with E-state index in [1.54, 1.807) is 19.9 Å². The number of halogens is 3. The standard InChI is InChI=1S/C21H19F3N4O3/c1-12-8-17(28(30)31)6-7-18(12)20(29)25-11-15-4-5-16(10-19(15)21(22,23)24)27-14(3)9-13(2)26-27/h4-10H,11H2,1-3H3,(H,25,29). The van der Waals surface area contributed by atoms with Crippen molar-refractivity contribution in [3.8, 4) is 5.69 Å². The number of nitrogens with one attached hydrogen (secondary N) is 1. The van der Waals surface area contributed by atoms with Gasteiger partial charge in [0.05, 0.1) is 21.9 Å². The van der Waals surface area contributed by atoms with E-state index in [0.29, 0.717) is 17.0 Å². The first kappa shape index (κ1) is 22.0. The lowest BCUT2D eigenvalue weighted by atomic mass is 10.0. The third-order valence-electron chi connectivity index (χ3n) is 4.76. The maximum atomic E-state index is 13.7. The highest BCUT2D eigenvalue weighted by atomic mass is 19.4. The summed E-state index contributed by atoms with van der Waals surface area (Å²) in [5.41, 5.74) is 0.985. The second kappa shape index (κ2) is 8.21. The van der Waals surface area contributed by atoms with Crippen LogP contribution in [0.15, 0.2) is 42.5 Å². The van der Waals surface area contributed by atoms with Gasteiger partial charge < -0.3 is 5.32 Å². The number of aromatic nitrogens is 2. The van der Waals surface area contributed by atoms with Gasteiger partial charge in [-0.1, -0.05) is 6.07 Å². The number of nitrogens with zero attached hydrogens (tertiary/aromatic N) is 3. The Morgan fingerprint density at radius 3 is 2.39 bits per heavy atom. The Bertz CT molecular complexity index is 1170. The van der Waals surface area contributed by atoms with Crippen LogP contribution in [0.3, 0.4) is 0 Å². The first-order valence-corrected chi connectivity index (χ1v) is 9.24.